The summed E-state index contributed by atoms with van der Waals surface area (Å²) in [4.78, 5) is 18.5. The number of thiophene rings is 1. The third-order valence-electron chi connectivity index (χ3n) is 3.57. The summed E-state index contributed by atoms with van der Waals surface area (Å²) in [5.74, 6) is 2.08. The zero-order chi connectivity index (χ0) is 13.9. The van der Waals surface area contributed by atoms with Crippen LogP contribution in [0.4, 0.5) is 0 Å². The number of aryl methyl sites for hydroxylation is 1. The average Bonchev–Trinajstić information content (AvgIpc) is 3.16. The fourth-order valence-corrected chi connectivity index (χ4v) is 4.08. The smallest absolute Gasteiger partial charge is 0.208 e. The van der Waals surface area contributed by atoms with E-state index < -0.39 is 0 Å². The van der Waals surface area contributed by atoms with E-state index in [1.807, 2.05) is 19.1 Å². The lowest BCUT2D eigenvalue weighted by Crippen LogP contribution is -1.99. The number of hydrogen-bond donors (Lipinski definition) is 1. The minimum Gasteiger partial charge on any atom is -0.292 e. The SMILES string of the molecule is Cc1ccc(C(=O)CSc2n[nH]c(C3CCCC3)n2)s1. The number of ketones is 1. The van der Waals surface area contributed by atoms with Crippen molar-refractivity contribution in [2.75, 3.05) is 5.75 Å². The van der Waals surface area contributed by atoms with Gasteiger partial charge in [-0.2, -0.15) is 0 Å². The summed E-state index contributed by atoms with van der Waals surface area (Å²) >= 11 is 2.96. The molecule has 2 aromatic rings. The number of nitrogens with one attached hydrogen (secondary N) is 1. The lowest BCUT2D eigenvalue weighted by Gasteiger charge is -2.01. The molecule has 1 fully saturated rings. The van der Waals surface area contributed by atoms with Crippen LogP contribution in [0.25, 0.3) is 0 Å². The van der Waals surface area contributed by atoms with Crippen molar-refractivity contribution in [3.05, 3.63) is 27.7 Å². The minimum atomic E-state index is 0.153. The third-order valence-corrected chi connectivity index (χ3v) is 5.46. The van der Waals surface area contributed by atoms with Crippen LogP contribution in [-0.2, 0) is 0 Å². The summed E-state index contributed by atoms with van der Waals surface area (Å²) in [5.41, 5.74) is 0. The zero-order valence-electron chi connectivity index (χ0n) is 11.4. The van der Waals surface area contributed by atoms with Crippen molar-refractivity contribution in [3.8, 4) is 0 Å². The quantitative estimate of drug-likeness (QED) is 0.674. The molecule has 0 spiro atoms. The van der Waals surface area contributed by atoms with Gasteiger partial charge in [-0.15, -0.1) is 16.4 Å². The number of rotatable bonds is 5. The first-order chi connectivity index (χ1) is 9.72. The first-order valence-electron chi connectivity index (χ1n) is 6.87. The van der Waals surface area contributed by atoms with Gasteiger partial charge in [0.1, 0.15) is 5.82 Å². The minimum absolute atomic E-state index is 0.153. The van der Waals surface area contributed by atoms with Gasteiger partial charge in [0.2, 0.25) is 5.16 Å². The first kappa shape index (κ1) is 13.8. The van der Waals surface area contributed by atoms with E-state index in [1.165, 1.54) is 42.3 Å². The molecule has 2 heterocycles. The fourth-order valence-electron chi connectivity index (χ4n) is 2.49. The molecule has 106 valence electrons. The number of Topliss-reactive ketones (excluding diaryl/α,β-unsaturated/α-hetero) is 1. The van der Waals surface area contributed by atoms with Gasteiger partial charge in [0.25, 0.3) is 0 Å². The van der Waals surface area contributed by atoms with E-state index >= 15 is 0 Å². The number of aromatic amines is 1. The standard InChI is InChI=1S/C14H17N3OS2/c1-9-6-7-12(20-9)11(18)8-19-14-15-13(16-17-14)10-4-2-3-5-10/h6-7,10H,2-5,8H2,1H3,(H,15,16,17). The third kappa shape index (κ3) is 3.12. The van der Waals surface area contributed by atoms with Gasteiger partial charge >= 0.3 is 0 Å². The maximum atomic E-state index is 12.0. The highest BCUT2D eigenvalue weighted by Crippen LogP contribution is 2.32. The monoisotopic (exact) mass is 307 g/mol. The van der Waals surface area contributed by atoms with Crippen LogP contribution >= 0.6 is 23.1 Å². The molecule has 0 aromatic carbocycles. The molecule has 0 bridgehead atoms. The van der Waals surface area contributed by atoms with Gasteiger partial charge in [0.15, 0.2) is 5.78 Å². The normalized spacial score (nSPS) is 15.8. The summed E-state index contributed by atoms with van der Waals surface area (Å²) in [7, 11) is 0. The second-order valence-corrected chi connectivity index (χ2v) is 7.34. The van der Waals surface area contributed by atoms with Crippen molar-refractivity contribution in [3.63, 3.8) is 0 Å². The Bertz CT molecular complexity index is 599. The molecule has 0 unspecified atom stereocenters. The van der Waals surface area contributed by atoms with Gasteiger partial charge in [-0.25, -0.2) is 4.98 Å². The van der Waals surface area contributed by atoms with E-state index in [9.17, 15) is 4.79 Å². The van der Waals surface area contributed by atoms with E-state index in [0.717, 1.165) is 10.7 Å². The molecule has 0 saturated heterocycles. The predicted molar refractivity (Wildman–Crippen MR) is 81.7 cm³/mol. The van der Waals surface area contributed by atoms with Gasteiger partial charge in [0, 0.05) is 10.8 Å². The average molecular weight is 307 g/mol. The molecule has 3 rings (SSSR count). The molecule has 1 N–H and O–H groups in total. The Hall–Kier alpha value is -1.14. The molecule has 20 heavy (non-hydrogen) atoms. The van der Waals surface area contributed by atoms with E-state index in [-0.39, 0.29) is 5.78 Å². The Labute approximate surface area is 126 Å². The number of carbonyl (C=O) groups is 1. The fraction of sp³-hybridized carbons (Fsp3) is 0.500. The van der Waals surface area contributed by atoms with E-state index in [1.54, 1.807) is 11.3 Å². The second kappa shape index (κ2) is 6.10. The van der Waals surface area contributed by atoms with Gasteiger partial charge in [-0.05, 0) is 31.9 Å². The van der Waals surface area contributed by atoms with Crippen molar-refractivity contribution in [2.24, 2.45) is 0 Å². The van der Waals surface area contributed by atoms with Crippen LogP contribution in [0.15, 0.2) is 17.3 Å². The van der Waals surface area contributed by atoms with Gasteiger partial charge in [0.05, 0.1) is 10.6 Å². The van der Waals surface area contributed by atoms with E-state index in [2.05, 4.69) is 15.2 Å². The predicted octanol–water partition coefficient (Wildman–Crippen LogP) is 3.81. The molecular formula is C14H17N3OS2. The number of hydrogen-bond acceptors (Lipinski definition) is 5. The largest absolute Gasteiger partial charge is 0.292 e. The molecule has 0 amide bonds. The lowest BCUT2D eigenvalue weighted by molar-refractivity contribution is 0.102. The zero-order valence-corrected chi connectivity index (χ0v) is 13.0. The Morgan fingerprint density at radius 2 is 2.25 bits per heavy atom. The topological polar surface area (TPSA) is 58.6 Å². The van der Waals surface area contributed by atoms with Crippen LogP contribution in [0.3, 0.4) is 0 Å². The molecule has 0 aliphatic heterocycles. The van der Waals surface area contributed by atoms with E-state index in [4.69, 9.17) is 0 Å². The number of H-pyrrole nitrogens is 1. The van der Waals surface area contributed by atoms with Crippen LogP contribution in [0.2, 0.25) is 0 Å². The van der Waals surface area contributed by atoms with Gasteiger partial charge in [-0.1, -0.05) is 24.6 Å². The van der Waals surface area contributed by atoms with Gasteiger partial charge in [-0.3, -0.25) is 9.89 Å². The Kier molecular flexibility index (Phi) is 4.21. The Morgan fingerprint density at radius 1 is 1.45 bits per heavy atom. The van der Waals surface area contributed by atoms with E-state index in [0.29, 0.717) is 16.8 Å². The van der Waals surface area contributed by atoms with Gasteiger partial charge < -0.3 is 0 Å². The van der Waals surface area contributed by atoms with Crippen LogP contribution in [0.5, 0.6) is 0 Å². The van der Waals surface area contributed by atoms with Crippen LogP contribution in [0.1, 0.15) is 52.0 Å². The van der Waals surface area contributed by atoms with Crippen LogP contribution < -0.4 is 0 Å². The molecular weight excluding hydrogens is 290 g/mol. The molecule has 0 radical (unpaired) electrons. The lowest BCUT2D eigenvalue weighted by atomic mass is 10.1. The molecule has 6 heteroatoms. The highest BCUT2D eigenvalue weighted by Gasteiger charge is 2.21. The molecule has 4 nitrogen and oxygen atoms in total. The Morgan fingerprint density at radius 3 is 2.95 bits per heavy atom. The highest BCUT2D eigenvalue weighted by atomic mass is 32.2. The van der Waals surface area contributed by atoms with Crippen molar-refractivity contribution >= 4 is 28.9 Å². The van der Waals surface area contributed by atoms with Crippen LogP contribution in [-0.4, -0.2) is 26.7 Å². The summed E-state index contributed by atoms with van der Waals surface area (Å²) in [6, 6.07) is 3.87. The molecule has 0 atom stereocenters. The molecule has 1 aliphatic rings. The van der Waals surface area contributed by atoms with Crippen molar-refractivity contribution in [1.82, 2.24) is 15.2 Å². The molecule has 1 aliphatic carbocycles. The van der Waals surface area contributed by atoms with Crippen molar-refractivity contribution < 1.29 is 4.79 Å². The highest BCUT2D eigenvalue weighted by molar-refractivity contribution is 7.99. The van der Waals surface area contributed by atoms with Crippen molar-refractivity contribution in [2.45, 2.75) is 43.7 Å². The number of aromatic nitrogens is 3. The van der Waals surface area contributed by atoms with Crippen LogP contribution in [0, 0.1) is 6.92 Å². The summed E-state index contributed by atoms with van der Waals surface area (Å²) in [6.07, 6.45) is 4.97. The number of thioether (sulfide) groups is 1. The summed E-state index contributed by atoms with van der Waals surface area (Å²) in [6.45, 7) is 2.01. The summed E-state index contributed by atoms with van der Waals surface area (Å²) < 4.78 is 0. The molecule has 1 saturated carbocycles. The number of nitrogens with zero attached hydrogens (tertiary/aromatic N) is 2. The maximum Gasteiger partial charge on any atom is 0.208 e. The number of carbonyl (C=O) groups excluding carboxylic acids is 1. The summed E-state index contributed by atoms with van der Waals surface area (Å²) in [5, 5.41) is 7.92. The maximum absolute atomic E-state index is 12.0. The molecule has 2 aromatic heterocycles. The first-order valence-corrected chi connectivity index (χ1v) is 8.67. The van der Waals surface area contributed by atoms with Crippen molar-refractivity contribution in [1.29, 1.82) is 0 Å². The second-order valence-electron chi connectivity index (χ2n) is 5.11. The Balaban J connectivity index is 1.57.